The van der Waals surface area contributed by atoms with E-state index in [1.165, 1.54) is 12.1 Å². The summed E-state index contributed by atoms with van der Waals surface area (Å²) in [5, 5.41) is 10.3. The minimum Gasteiger partial charge on any atom is -0.473 e. The van der Waals surface area contributed by atoms with Crippen LogP contribution >= 0.6 is 11.6 Å². The molecule has 8 rings (SSSR count). The maximum absolute atomic E-state index is 15.3. The number of H-pyrrole nitrogens is 1. The molecule has 5 heterocycles. The fourth-order valence-electron chi connectivity index (χ4n) is 6.90. The zero-order chi connectivity index (χ0) is 35.1. The SMILES string of the molecule is Cc1[nH]nc2ccc(NC(=O)c3ccc4c(c3)nc(CN3CCC(c5cccc(OCc6ccc(Cl)cc6F)n5)CC3)n4C[C@@H]3CCO3)c(F)c12. The molecule has 2 aliphatic rings. The van der Waals surface area contributed by atoms with Crippen LogP contribution in [0.3, 0.4) is 0 Å². The zero-order valence-electron chi connectivity index (χ0n) is 28.0. The molecule has 1 atom stereocenters. The van der Waals surface area contributed by atoms with Crippen molar-refractivity contribution >= 4 is 45.1 Å². The van der Waals surface area contributed by atoms with E-state index in [0.717, 1.165) is 56.0 Å². The second-order valence-corrected chi connectivity index (χ2v) is 13.7. The van der Waals surface area contributed by atoms with Crippen LogP contribution in [0.25, 0.3) is 21.9 Å². The van der Waals surface area contributed by atoms with E-state index in [9.17, 15) is 9.18 Å². The Morgan fingerprint density at radius 2 is 1.88 bits per heavy atom. The number of aromatic amines is 1. The Hall–Kier alpha value is -4.91. The highest BCUT2D eigenvalue weighted by atomic mass is 35.5. The third-order valence-corrected chi connectivity index (χ3v) is 10.1. The second-order valence-electron chi connectivity index (χ2n) is 13.2. The average Bonchev–Trinajstić information content (AvgIpc) is 3.66. The summed E-state index contributed by atoms with van der Waals surface area (Å²) in [6.45, 7) is 5.60. The van der Waals surface area contributed by atoms with Crippen LogP contribution in [0.4, 0.5) is 14.5 Å². The first-order valence-electron chi connectivity index (χ1n) is 17.1. The lowest BCUT2D eigenvalue weighted by Gasteiger charge is -2.32. The Morgan fingerprint density at radius 3 is 2.67 bits per heavy atom. The van der Waals surface area contributed by atoms with Gasteiger partial charge in [0.1, 0.15) is 18.2 Å². The van der Waals surface area contributed by atoms with Gasteiger partial charge in [-0.05, 0) is 87.8 Å². The number of fused-ring (bicyclic) bond motifs is 2. The molecule has 51 heavy (non-hydrogen) atoms. The number of aryl methyl sites for hydroxylation is 1. The lowest BCUT2D eigenvalue weighted by molar-refractivity contribution is -0.0592. The molecule has 2 fully saturated rings. The number of rotatable bonds is 10. The van der Waals surface area contributed by atoms with Crippen LogP contribution in [0.15, 0.2) is 66.7 Å². The predicted molar refractivity (Wildman–Crippen MR) is 190 cm³/mol. The first-order chi connectivity index (χ1) is 24.8. The van der Waals surface area contributed by atoms with Crippen molar-refractivity contribution in [3.8, 4) is 5.88 Å². The minimum absolute atomic E-state index is 0.0670. The topological polar surface area (TPSA) is 110 Å². The Labute approximate surface area is 297 Å². The van der Waals surface area contributed by atoms with Crippen LogP contribution in [-0.2, 0) is 24.4 Å². The molecule has 13 heteroatoms. The highest BCUT2D eigenvalue weighted by molar-refractivity contribution is 6.30. The standard InChI is InChI=1S/C38H36ClF2N7O3/c1-22-36-30(46-45-22)8-9-31(37(36)41)44-38(49)24-6-10-33-32(17-24)42-34(48(33)19-27-13-16-50-27)20-47-14-11-23(12-15-47)29-3-2-4-35(43-29)51-21-25-5-7-26(39)18-28(25)40/h2-10,17-18,23,27H,11-16,19-21H2,1H3,(H,44,49)(H,45,46)/t27-/m0/s1. The van der Waals surface area contributed by atoms with Gasteiger partial charge in [-0.2, -0.15) is 5.10 Å². The first-order valence-corrected chi connectivity index (χ1v) is 17.5. The average molecular weight is 712 g/mol. The molecular formula is C38H36ClF2N7O3. The first kappa shape index (κ1) is 33.2. The van der Waals surface area contributed by atoms with E-state index < -0.39 is 17.5 Å². The molecule has 0 aliphatic carbocycles. The second kappa shape index (κ2) is 14.0. The zero-order valence-corrected chi connectivity index (χ0v) is 28.7. The van der Waals surface area contributed by atoms with Gasteiger partial charge in [0.05, 0.1) is 46.8 Å². The van der Waals surface area contributed by atoms with Crippen molar-refractivity contribution in [2.45, 2.75) is 57.9 Å². The third-order valence-electron chi connectivity index (χ3n) is 9.86. The summed E-state index contributed by atoms with van der Waals surface area (Å²) in [7, 11) is 0. The predicted octanol–water partition coefficient (Wildman–Crippen LogP) is 7.55. The number of imidazole rings is 1. The number of hydrogen-bond acceptors (Lipinski definition) is 7. The smallest absolute Gasteiger partial charge is 0.255 e. The molecule has 0 radical (unpaired) electrons. The van der Waals surface area contributed by atoms with Gasteiger partial charge in [-0.25, -0.2) is 18.7 Å². The van der Waals surface area contributed by atoms with Gasteiger partial charge in [-0.3, -0.25) is 14.8 Å². The molecule has 0 spiro atoms. The van der Waals surface area contributed by atoms with Gasteiger partial charge in [0.25, 0.3) is 5.91 Å². The number of anilines is 1. The number of halogens is 3. The number of pyridine rings is 1. The number of amides is 1. The van der Waals surface area contributed by atoms with Crippen LogP contribution in [-0.4, -0.2) is 61.3 Å². The molecule has 10 nitrogen and oxygen atoms in total. The van der Waals surface area contributed by atoms with E-state index in [1.54, 1.807) is 43.3 Å². The van der Waals surface area contributed by atoms with Crippen molar-refractivity contribution in [2.75, 3.05) is 25.0 Å². The molecule has 1 amide bonds. The fourth-order valence-corrected chi connectivity index (χ4v) is 7.06. The van der Waals surface area contributed by atoms with E-state index >= 15 is 4.39 Å². The molecule has 2 aliphatic heterocycles. The lowest BCUT2D eigenvalue weighted by atomic mass is 9.93. The van der Waals surface area contributed by atoms with Crippen molar-refractivity contribution < 1.29 is 23.0 Å². The van der Waals surface area contributed by atoms with E-state index in [1.807, 2.05) is 18.2 Å². The number of piperidine rings is 1. The number of nitrogens with one attached hydrogen (secondary N) is 2. The maximum atomic E-state index is 15.3. The van der Waals surface area contributed by atoms with Gasteiger partial charge in [0.2, 0.25) is 5.88 Å². The van der Waals surface area contributed by atoms with Gasteiger partial charge in [0.15, 0.2) is 5.82 Å². The van der Waals surface area contributed by atoms with Crippen LogP contribution in [0.2, 0.25) is 5.02 Å². The van der Waals surface area contributed by atoms with Gasteiger partial charge in [-0.1, -0.05) is 23.7 Å². The van der Waals surface area contributed by atoms with Crippen molar-refractivity contribution in [1.82, 2.24) is 29.6 Å². The molecule has 0 unspecified atom stereocenters. The highest BCUT2D eigenvalue weighted by Gasteiger charge is 2.26. The summed E-state index contributed by atoms with van der Waals surface area (Å²) >= 11 is 5.88. The van der Waals surface area contributed by atoms with Crippen molar-refractivity contribution in [2.24, 2.45) is 0 Å². The summed E-state index contributed by atoms with van der Waals surface area (Å²) < 4.78 is 43.3. The largest absolute Gasteiger partial charge is 0.473 e. The van der Waals surface area contributed by atoms with Gasteiger partial charge < -0.3 is 19.4 Å². The summed E-state index contributed by atoms with van der Waals surface area (Å²) in [6.07, 6.45) is 2.94. The monoisotopic (exact) mass is 711 g/mol. The molecular weight excluding hydrogens is 676 g/mol. The molecule has 3 aromatic carbocycles. The molecule has 2 saturated heterocycles. The minimum atomic E-state index is -0.522. The Balaban J connectivity index is 0.947. The molecule has 0 bridgehead atoms. The maximum Gasteiger partial charge on any atom is 0.255 e. The highest BCUT2D eigenvalue weighted by Crippen LogP contribution is 2.31. The van der Waals surface area contributed by atoms with Crippen LogP contribution in [0.1, 0.15) is 58.3 Å². The number of hydrogen-bond donors (Lipinski definition) is 2. The number of nitrogens with zero attached hydrogens (tertiary/aromatic N) is 5. The van der Waals surface area contributed by atoms with E-state index in [2.05, 4.69) is 25.0 Å². The number of likely N-dealkylation sites (tertiary alicyclic amines) is 1. The summed E-state index contributed by atoms with van der Waals surface area (Å²) in [5.74, 6) is 0.291. The summed E-state index contributed by atoms with van der Waals surface area (Å²) in [6, 6.07) is 18.9. The van der Waals surface area contributed by atoms with Crippen LogP contribution in [0, 0.1) is 18.6 Å². The number of carbonyl (C=O) groups excluding carboxylic acids is 1. The van der Waals surface area contributed by atoms with Crippen molar-refractivity contribution in [3.63, 3.8) is 0 Å². The number of aromatic nitrogens is 5. The molecule has 3 aromatic heterocycles. The van der Waals surface area contributed by atoms with Crippen LogP contribution < -0.4 is 10.1 Å². The molecule has 262 valence electrons. The normalized spacial score (nSPS) is 16.8. The molecule has 6 aromatic rings. The van der Waals surface area contributed by atoms with E-state index in [-0.39, 0.29) is 24.3 Å². The molecule has 2 N–H and O–H groups in total. The summed E-state index contributed by atoms with van der Waals surface area (Å²) in [5.41, 5.74) is 4.59. The summed E-state index contributed by atoms with van der Waals surface area (Å²) in [4.78, 5) is 25.5. The van der Waals surface area contributed by atoms with Crippen LogP contribution in [0.5, 0.6) is 5.88 Å². The van der Waals surface area contributed by atoms with E-state index in [0.29, 0.717) is 57.2 Å². The van der Waals surface area contributed by atoms with Gasteiger partial charge >= 0.3 is 0 Å². The Kier molecular flexibility index (Phi) is 9.13. The fraction of sp³-hybridized carbons (Fsp3) is 0.316. The quantitative estimate of drug-likeness (QED) is 0.151. The molecule has 0 saturated carbocycles. The van der Waals surface area contributed by atoms with Gasteiger partial charge in [-0.15, -0.1) is 0 Å². The van der Waals surface area contributed by atoms with Crippen molar-refractivity contribution in [3.05, 3.63) is 112 Å². The van der Waals surface area contributed by atoms with Crippen molar-refractivity contribution in [1.29, 1.82) is 0 Å². The Morgan fingerprint density at radius 1 is 1.04 bits per heavy atom. The third kappa shape index (κ3) is 6.91. The number of carbonyl (C=O) groups is 1. The lowest BCUT2D eigenvalue weighted by Crippen LogP contribution is -2.35. The van der Waals surface area contributed by atoms with E-state index in [4.69, 9.17) is 31.0 Å². The Bertz CT molecular complexity index is 2240. The number of benzene rings is 3. The van der Waals surface area contributed by atoms with Gasteiger partial charge in [0, 0.05) is 46.1 Å². The number of ether oxygens (including phenoxy) is 2.